The zero-order valence-corrected chi connectivity index (χ0v) is 47.0. The molecule has 0 N–H and O–H groups in total. The molecular weight excluding hydrogens is 1080 g/mol. The van der Waals surface area contributed by atoms with Crippen molar-refractivity contribution in [1.82, 2.24) is 37.4 Å². The number of hydrogen-bond donors (Lipinski definition) is 0. The number of benzene rings is 10. The van der Waals surface area contributed by atoms with Gasteiger partial charge in [-0.15, -0.1) is 0 Å². The summed E-state index contributed by atoms with van der Waals surface area (Å²) in [5, 5.41) is 8.51. The maximum Gasteiger partial charge on any atom is 0.161 e. The van der Waals surface area contributed by atoms with E-state index in [1.807, 2.05) is 18.2 Å². The molecule has 0 fully saturated rings. The first kappa shape index (κ1) is 47.2. The minimum Gasteiger partial charge on any atom is -0.454 e. The highest BCUT2D eigenvalue weighted by atomic mass is 16.3. The topological polar surface area (TPSA) is 81.6 Å². The van der Waals surface area contributed by atoms with Gasteiger partial charge in [0.25, 0.3) is 0 Å². The van der Waals surface area contributed by atoms with Gasteiger partial charge in [0.15, 0.2) is 11.2 Å². The summed E-state index contributed by atoms with van der Waals surface area (Å²) in [6.07, 6.45) is 0. The van der Waals surface area contributed by atoms with Crippen LogP contribution in [0, 0.1) is 0 Å². The number of pyridine rings is 2. The molecule has 88 heavy (non-hydrogen) atoms. The molecule has 0 spiro atoms. The van der Waals surface area contributed by atoms with Crippen molar-refractivity contribution in [3.05, 3.63) is 279 Å². The van der Waals surface area contributed by atoms with E-state index in [0.717, 1.165) is 160 Å². The Morgan fingerprint density at radius 3 is 0.909 bits per heavy atom. The second kappa shape index (κ2) is 17.7. The van der Waals surface area contributed by atoms with Crippen LogP contribution in [0.3, 0.4) is 0 Å². The van der Waals surface area contributed by atoms with Crippen LogP contribution in [0.2, 0.25) is 0 Å². The summed E-state index contributed by atoms with van der Waals surface area (Å²) in [6.45, 7) is 0. The molecule has 0 aliphatic rings. The maximum absolute atomic E-state index is 6.84. The van der Waals surface area contributed by atoms with Gasteiger partial charge in [-0.2, -0.15) is 0 Å². The number of aromatic nitrogens is 8. The van der Waals surface area contributed by atoms with Crippen LogP contribution in [0.15, 0.2) is 288 Å². The van der Waals surface area contributed by atoms with Crippen LogP contribution in [0.25, 0.3) is 177 Å². The number of nitrogens with zero attached hydrogens (tertiary/aromatic N) is 8. The monoisotopic (exact) mass is 1130 g/mol. The van der Waals surface area contributed by atoms with Crippen molar-refractivity contribution in [3.63, 3.8) is 0 Å². The Kier molecular flexibility index (Phi) is 9.51. The van der Waals surface area contributed by atoms with E-state index in [1.54, 1.807) is 0 Å². The molecule has 0 bridgehead atoms. The Morgan fingerprint density at radius 2 is 0.489 bits per heavy atom. The van der Waals surface area contributed by atoms with Crippen LogP contribution in [0.4, 0.5) is 0 Å². The first-order chi connectivity index (χ1) is 43.7. The highest BCUT2D eigenvalue weighted by molar-refractivity contribution is 6.22. The van der Waals surface area contributed by atoms with Crippen LogP contribution < -0.4 is 0 Å². The van der Waals surface area contributed by atoms with E-state index in [2.05, 4.69) is 288 Å². The van der Waals surface area contributed by atoms with Crippen molar-refractivity contribution in [2.45, 2.75) is 0 Å². The lowest BCUT2D eigenvalue weighted by Crippen LogP contribution is -2.06. The third kappa shape index (κ3) is 6.38. The second-order valence-electron chi connectivity index (χ2n) is 22.9. The average Bonchev–Trinajstić information content (AvgIpc) is 1.61. The minimum absolute atomic E-state index is 0.673. The first-order valence-corrected chi connectivity index (χ1v) is 29.7. The van der Waals surface area contributed by atoms with Crippen LogP contribution >= 0.6 is 0 Å². The van der Waals surface area contributed by atoms with Gasteiger partial charge >= 0.3 is 0 Å². The zero-order chi connectivity index (χ0) is 57.3. The number of fused-ring (bicyclic) bond motifs is 20. The third-order valence-electron chi connectivity index (χ3n) is 18.2. The fourth-order valence-electron chi connectivity index (χ4n) is 14.7. The van der Waals surface area contributed by atoms with Gasteiger partial charge in [0.2, 0.25) is 0 Å². The molecule has 10 heteroatoms. The normalized spacial score (nSPS) is 12.3. The van der Waals surface area contributed by atoms with E-state index in [1.165, 1.54) is 0 Å². The summed E-state index contributed by atoms with van der Waals surface area (Å²) < 4.78 is 28.0. The van der Waals surface area contributed by atoms with Crippen molar-refractivity contribution < 1.29 is 8.83 Å². The predicted octanol–water partition coefficient (Wildman–Crippen LogP) is 19.9. The van der Waals surface area contributed by atoms with Gasteiger partial charge in [-0.3, -0.25) is 9.13 Å². The Labute approximate surface area is 500 Å². The van der Waals surface area contributed by atoms with E-state index in [-0.39, 0.29) is 0 Å². The van der Waals surface area contributed by atoms with Crippen LogP contribution in [0.5, 0.6) is 0 Å². The smallest absolute Gasteiger partial charge is 0.161 e. The third-order valence-corrected chi connectivity index (χ3v) is 18.2. The summed E-state index contributed by atoms with van der Waals surface area (Å²) in [5.74, 6) is 1.45. The SMILES string of the molecule is c1ccc(-n2c3ccccc3c3c2c2ccccc2n3-c2cc(-c3cc(-n4c5ccccc5c5oc6ccccc6c54)cc(-n4c5ccccc5c5oc6ccccc6c54)n3)nc(-n3c4ccccc4c4c3c3ccccc3n4-c3ccccc3)c2)cc1. The summed E-state index contributed by atoms with van der Waals surface area (Å²) in [5.41, 5.74) is 21.2. The van der Waals surface area contributed by atoms with E-state index in [4.69, 9.17) is 18.8 Å². The molecule has 0 atom stereocenters. The summed E-state index contributed by atoms with van der Waals surface area (Å²) in [6, 6.07) is 99.2. The van der Waals surface area contributed by atoms with Crippen molar-refractivity contribution >= 4 is 132 Å². The number of para-hydroxylation sites is 10. The molecule has 20 aromatic rings. The zero-order valence-electron chi connectivity index (χ0n) is 47.0. The van der Waals surface area contributed by atoms with Crippen LogP contribution in [0.1, 0.15) is 0 Å². The number of rotatable bonds is 7. The summed E-state index contributed by atoms with van der Waals surface area (Å²) >= 11 is 0. The molecule has 10 aromatic carbocycles. The molecule has 0 saturated heterocycles. The van der Waals surface area contributed by atoms with Gasteiger partial charge in [-0.25, -0.2) is 9.97 Å². The first-order valence-electron chi connectivity index (χ1n) is 29.7. The Balaban J connectivity index is 0.963. The highest BCUT2D eigenvalue weighted by Crippen LogP contribution is 2.47. The van der Waals surface area contributed by atoms with Gasteiger partial charge in [0.05, 0.1) is 77.9 Å². The van der Waals surface area contributed by atoms with Gasteiger partial charge < -0.3 is 27.1 Å². The molecule has 10 heterocycles. The highest BCUT2D eigenvalue weighted by Gasteiger charge is 2.29. The lowest BCUT2D eigenvalue weighted by Gasteiger charge is -2.17. The van der Waals surface area contributed by atoms with Gasteiger partial charge in [0.1, 0.15) is 33.8 Å². The van der Waals surface area contributed by atoms with Gasteiger partial charge in [-0.1, -0.05) is 158 Å². The fourth-order valence-corrected chi connectivity index (χ4v) is 14.7. The van der Waals surface area contributed by atoms with Crippen molar-refractivity contribution in [1.29, 1.82) is 0 Å². The molecule has 0 amide bonds. The fraction of sp³-hybridized carbons (Fsp3) is 0. The maximum atomic E-state index is 6.84. The quantitative estimate of drug-likeness (QED) is 0.159. The Hall–Kier alpha value is -12.1. The van der Waals surface area contributed by atoms with Crippen molar-refractivity contribution in [2.75, 3.05) is 0 Å². The lowest BCUT2D eigenvalue weighted by atomic mass is 10.1. The molecule has 10 nitrogen and oxygen atoms in total. The number of furan rings is 2. The minimum atomic E-state index is 0.673. The lowest BCUT2D eigenvalue weighted by molar-refractivity contribution is 0.672. The molecule has 410 valence electrons. The van der Waals surface area contributed by atoms with Crippen LogP contribution in [-0.2, 0) is 0 Å². The molecule has 0 unspecified atom stereocenters. The van der Waals surface area contributed by atoms with E-state index in [0.29, 0.717) is 17.2 Å². The molecule has 0 aliphatic heterocycles. The standard InChI is InChI=1S/C78H46N8O2/c1-3-23-47(24-4-1)81-61-35-15-7-27-51(61)72-71(81)52-28-8-17-37-63(52)83(72)49-43-59(79-69(45-49)85-64-38-18-10-30-54(64)73-74(85)53-29-9-16-36-62(53)82(73)48-25-5-2-6-26-48)60-44-50(84-65-39-19-11-31-55(65)77-75(84)57-33-13-21-41-67(57)87-77)46-70(80-60)86-66-40-20-12-32-56(66)78-76(86)58-34-14-22-42-68(58)88-78/h1-46H. The molecule has 10 aromatic heterocycles. The van der Waals surface area contributed by atoms with E-state index in [9.17, 15) is 0 Å². The Bertz CT molecular complexity index is 5920. The van der Waals surface area contributed by atoms with Crippen molar-refractivity contribution in [2.24, 2.45) is 0 Å². The molecule has 0 aliphatic carbocycles. The molecule has 20 rings (SSSR count). The summed E-state index contributed by atoms with van der Waals surface area (Å²) in [7, 11) is 0. The van der Waals surface area contributed by atoms with Crippen LogP contribution in [-0.4, -0.2) is 37.4 Å². The van der Waals surface area contributed by atoms with E-state index >= 15 is 0 Å². The Morgan fingerprint density at radius 1 is 0.216 bits per heavy atom. The van der Waals surface area contributed by atoms with Crippen molar-refractivity contribution in [3.8, 4) is 45.8 Å². The second-order valence-corrected chi connectivity index (χ2v) is 22.9. The molecule has 0 radical (unpaired) electrons. The predicted molar refractivity (Wildman–Crippen MR) is 358 cm³/mol. The van der Waals surface area contributed by atoms with Gasteiger partial charge in [-0.05, 0) is 109 Å². The molecule has 0 saturated carbocycles. The van der Waals surface area contributed by atoms with E-state index < -0.39 is 0 Å². The molecular formula is C78H46N8O2. The average molecular weight is 1130 g/mol. The summed E-state index contributed by atoms with van der Waals surface area (Å²) in [4.78, 5) is 11.9. The van der Waals surface area contributed by atoms with Gasteiger partial charge in [0, 0.05) is 66.6 Å². The largest absolute Gasteiger partial charge is 0.454 e. The number of hydrogen-bond acceptors (Lipinski definition) is 4.